The molecule has 0 bridgehead atoms. The highest BCUT2D eigenvalue weighted by Gasteiger charge is 2.14. The van der Waals surface area contributed by atoms with Crippen molar-refractivity contribution in [1.29, 1.82) is 0 Å². The van der Waals surface area contributed by atoms with Gasteiger partial charge in [0, 0.05) is 29.9 Å². The van der Waals surface area contributed by atoms with Crippen molar-refractivity contribution in [3.8, 4) is 5.75 Å². The number of hydrogen-bond acceptors (Lipinski definition) is 4. The summed E-state index contributed by atoms with van der Waals surface area (Å²) in [6, 6.07) is 11.7. The number of anilines is 1. The molecule has 1 heterocycles. The molecular formula is C21H27N3O2. The molecule has 1 aromatic carbocycles. The largest absolute Gasteiger partial charge is 0.496 e. The van der Waals surface area contributed by atoms with Crippen LogP contribution in [0.2, 0.25) is 0 Å². The van der Waals surface area contributed by atoms with Gasteiger partial charge in [-0.25, -0.2) is 4.98 Å². The highest BCUT2D eigenvalue weighted by atomic mass is 16.5. The SMILES string of the molecule is COc1ccccc1CNC(=O)c1ccnc(NC2CCCCCC2)c1. The summed E-state index contributed by atoms with van der Waals surface area (Å²) < 4.78 is 5.33. The highest BCUT2D eigenvalue weighted by molar-refractivity contribution is 5.94. The van der Waals surface area contributed by atoms with E-state index in [2.05, 4.69) is 15.6 Å². The third kappa shape index (κ3) is 4.97. The molecule has 1 fully saturated rings. The molecule has 26 heavy (non-hydrogen) atoms. The Morgan fingerprint density at radius 2 is 1.92 bits per heavy atom. The fourth-order valence-corrected chi connectivity index (χ4v) is 3.41. The van der Waals surface area contributed by atoms with E-state index in [1.165, 1.54) is 38.5 Å². The van der Waals surface area contributed by atoms with Crippen LogP contribution in [0.25, 0.3) is 0 Å². The molecule has 3 rings (SSSR count). The third-order valence-corrected chi connectivity index (χ3v) is 4.86. The lowest BCUT2D eigenvalue weighted by molar-refractivity contribution is 0.0950. The summed E-state index contributed by atoms with van der Waals surface area (Å²) in [5.41, 5.74) is 1.57. The molecule has 0 radical (unpaired) electrons. The molecule has 1 amide bonds. The number of amides is 1. The Hall–Kier alpha value is -2.56. The number of benzene rings is 1. The maximum absolute atomic E-state index is 12.5. The Morgan fingerprint density at radius 3 is 2.69 bits per heavy atom. The fourth-order valence-electron chi connectivity index (χ4n) is 3.41. The second-order valence-corrected chi connectivity index (χ2v) is 6.76. The number of carbonyl (C=O) groups is 1. The van der Waals surface area contributed by atoms with Crippen LogP contribution in [0.4, 0.5) is 5.82 Å². The van der Waals surface area contributed by atoms with Crippen molar-refractivity contribution in [3.05, 3.63) is 53.7 Å². The average molecular weight is 353 g/mol. The first kappa shape index (κ1) is 18.2. The van der Waals surface area contributed by atoms with Gasteiger partial charge in [-0.15, -0.1) is 0 Å². The standard InChI is InChI=1S/C21H27N3O2/c1-26-19-11-7-6-8-17(19)15-23-21(25)16-12-13-22-20(14-16)24-18-9-4-2-3-5-10-18/h6-8,11-14,18H,2-5,9-10,15H2,1H3,(H,22,24)(H,23,25). The summed E-state index contributed by atoms with van der Waals surface area (Å²) in [5, 5.41) is 6.45. The smallest absolute Gasteiger partial charge is 0.251 e. The van der Waals surface area contributed by atoms with Crippen molar-refractivity contribution in [2.24, 2.45) is 0 Å². The van der Waals surface area contributed by atoms with Gasteiger partial charge in [0.25, 0.3) is 5.91 Å². The van der Waals surface area contributed by atoms with Gasteiger partial charge in [-0.1, -0.05) is 43.9 Å². The Bertz CT molecular complexity index is 725. The zero-order valence-electron chi connectivity index (χ0n) is 15.3. The van der Waals surface area contributed by atoms with Gasteiger partial charge in [0.1, 0.15) is 11.6 Å². The van der Waals surface area contributed by atoms with Gasteiger partial charge in [0.2, 0.25) is 0 Å². The molecule has 138 valence electrons. The average Bonchev–Trinajstić information content (AvgIpc) is 2.95. The van der Waals surface area contributed by atoms with E-state index in [4.69, 9.17) is 4.74 Å². The number of ether oxygens (including phenoxy) is 1. The van der Waals surface area contributed by atoms with Crippen molar-refractivity contribution in [2.75, 3.05) is 12.4 Å². The molecule has 1 aliphatic carbocycles. The van der Waals surface area contributed by atoms with Crippen LogP contribution in [-0.4, -0.2) is 24.0 Å². The van der Waals surface area contributed by atoms with Crippen LogP contribution in [0.1, 0.15) is 54.4 Å². The predicted molar refractivity (Wildman–Crippen MR) is 104 cm³/mol. The molecule has 0 spiro atoms. The number of carbonyl (C=O) groups excluding carboxylic acids is 1. The van der Waals surface area contributed by atoms with Crippen molar-refractivity contribution in [2.45, 2.75) is 51.1 Å². The summed E-state index contributed by atoms with van der Waals surface area (Å²) >= 11 is 0. The first-order valence-electron chi connectivity index (χ1n) is 9.39. The summed E-state index contributed by atoms with van der Waals surface area (Å²) in [6.45, 7) is 0.427. The lowest BCUT2D eigenvalue weighted by Crippen LogP contribution is -2.24. The second kappa shape index (κ2) is 9.22. The van der Waals surface area contributed by atoms with Gasteiger partial charge in [0.15, 0.2) is 0 Å². The van der Waals surface area contributed by atoms with E-state index < -0.39 is 0 Å². The first-order valence-corrected chi connectivity index (χ1v) is 9.39. The molecule has 0 atom stereocenters. The molecule has 1 aliphatic rings. The summed E-state index contributed by atoms with van der Waals surface area (Å²) in [5.74, 6) is 1.45. The number of nitrogens with one attached hydrogen (secondary N) is 2. The Balaban J connectivity index is 1.60. The Morgan fingerprint density at radius 1 is 1.15 bits per heavy atom. The molecule has 2 aromatic rings. The van der Waals surface area contributed by atoms with E-state index in [1.54, 1.807) is 19.4 Å². The number of pyridine rings is 1. The fraction of sp³-hybridized carbons (Fsp3) is 0.429. The van der Waals surface area contributed by atoms with Gasteiger partial charge < -0.3 is 15.4 Å². The third-order valence-electron chi connectivity index (χ3n) is 4.86. The van der Waals surface area contributed by atoms with E-state index in [0.29, 0.717) is 18.2 Å². The molecule has 2 N–H and O–H groups in total. The van der Waals surface area contributed by atoms with Crippen molar-refractivity contribution in [1.82, 2.24) is 10.3 Å². The topological polar surface area (TPSA) is 63.2 Å². The van der Waals surface area contributed by atoms with Gasteiger partial charge >= 0.3 is 0 Å². The van der Waals surface area contributed by atoms with Crippen LogP contribution >= 0.6 is 0 Å². The van der Waals surface area contributed by atoms with Crippen LogP contribution < -0.4 is 15.4 Å². The highest BCUT2D eigenvalue weighted by Crippen LogP contribution is 2.21. The number of para-hydroxylation sites is 1. The lowest BCUT2D eigenvalue weighted by Gasteiger charge is -2.17. The maximum atomic E-state index is 12.5. The minimum Gasteiger partial charge on any atom is -0.496 e. The van der Waals surface area contributed by atoms with E-state index in [1.807, 2.05) is 30.3 Å². The number of rotatable bonds is 6. The quantitative estimate of drug-likeness (QED) is 0.766. The number of hydrogen-bond donors (Lipinski definition) is 2. The van der Waals surface area contributed by atoms with E-state index >= 15 is 0 Å². The van der Waals surface area contributed by atoms with E-state index in [-0.39, 0.29) is 5.91 Å². The normalized spacial score (nSPS) is 15.1. The monoisotopic (exact) mass is 353 g/mol. The van der Waals surface area contributed by atoms with Crippen LogP contribution in [0, 0.1) is 0 Å². The number of nitrogens with zero attached hydrogens (tertiary/aromatic N) is 1. The maximum Gasteiger partial charge on any atom is 0.251 e. The first-order chi connectivity index (χ1) is 12.8. The summed E-state index contributed by atoms with van der Waals surface area (Å²) in [6.07, 6.45) is 9.19. The van der Waals surface area contributed by atoms with Crippen LogP contribution in [0.15, 0.2) is 42.6 Å². The van der Waals surface area contributed by atoms with Gasteiger partial charge in [-0.2, -0.15) is 0 Å². The summed E-state index contributed by atoms with van der Waals surface area (Å²) in [4.78, 5) is 16.9. The molecular weight excluding hydrogens is 326 g/mol. The van der Waals surface area contributed by atoms with Crippen molar-refractivity contribution in [3.63, 3.8) is 0 Å². The minimum atomic E-state index is -0.109. The molecule has 0 aliphatic heterocycles. The van der Waals surface area contributed by atoms with Crippen LogP contribution in [-0.2, 0) is 6.54 Å². The lowest BCUT2D eigenvalue weighted by atomic mass is 10.1. The second-order valence-electron chi connectivity index (χ2n) is 6.76. The van der Waals surface area contributed by atoms with Crippen LogP contribution in [0.3, 0.4) is 0 Å². The van der Waals surface area contributed by atoms with Crippen molar-refractivity contribution < 1.29 is 9.53 Å². The molecule has 5 heteroatoms. The zero-order chi connectivity index (χ0) is 18.2. The number of methoxy groups -OCH3 is 1. The van der Waals surface area contributed by atoms with Gasteiger partial charge in [0.05, 0.1) is 7.11 Å². The molecule has 1 aromatic heterocycles. The zero-order valence-corrected chi connectivity index (χ0v) is 15.3. The minimum absolute atomic E-state index is 0.109. The van der Waals surface area contributed by atoms with Crippen LogP contribution in [0.5, 0.6) is 5.75 Å². The Labute approximate surface area is 155 Å². The Kier molecular flexibility index (Phi) is 6.47. The predicted octanol–water partition coefficient (Wildman–Crippen LogP) is 4.15. The molecule has 0 unspecified atom stereocenters. The molecule has 1 saturated carbocycles. The van der Waals surface area contributed by atoms with E-state index in [0.717, 1.165) is 17.1 Å². The number of aromatic nitrogens is 1. The van der Waals surface area contributed by atoms with Gasteiger partial charge in [-0.3, -0.25) is 4.79 Å². The van der Waals surface area contributed by atoms with Gasteiger partial charge in [-0.05, 0) is 31.0 Å². The van der Waals surface area contributed by atoms with E-state index in [9.17, 15) is 4.79 Å². The molecule has 5 nitrogen and oxygen atoms in total. The molecule has 0 saturated heterocycles. The van der Waals surface area contributed by atoms with Crippen molar-refractivity contribution >= 4 is 11.7 Å². The summed E-state index contributed by atoms with van der Waals surface area (Å²) in [7, 11) is 1.63.